The van der Waals surface area contributed by atoms with Gasteiger partial charge < -0.3 is 10.4 Å². The molecule has 0 aromatic heterocycles. The van der Waals surface area contributed by atoms with Gasteiger partial charge in [0.15, 0.2) is 0 Å². The highest BCUT2D eigenvalue weighted by atomic mass is 35.5. The molecule has 0 heterocycles. The molecule has 4 heteroatoms. The molecule has 1 aromatic carbocycles. The largest absolute Gasteiger partial charge is 0.388 e. The molecule has 2 nitrogen and oxygen atoms in total. The third-order valence-electron chi connectivity index (χ3n) is 2.63. The molecule has 0 bridgehead atoms. The zero-order valence-electron chi connectivity index (χ0n) is 9.72. The Labute approximate surface area is 107 Å². The van der Waals surface area contributed by atoms with E-state index in [0.29, 0.717) is 22.2 Å². The lowest BCUT2D eigenvalue weighted by atomic mass is 9.82. The van der Waals surface area contributed by atoms with E-state index in [1.54, 1.807) is 18.2 Å². The zero-order chi connectivity index (χ0) is 12.3. The fourth-order valence-electron chi connectivity index (χ4n) is 1.70. The van der Waals surface area contributed by atoms with Crippen molar-refractivity contribution in [3.8, 4) is 0 Å². The molecule has 16 heavy (non-hydrogen) atoms. The second kappa shape index (κ2) is 5.37. The number of aliphatic hydroxyl groups excluding tert-OH is 1. The van der Waals surface area contributed by atoms with E-state index in [1.165, 1.54) is 0 Å². The van der Waals surface area contributed by atoms with Gasteiger partial charge in [-0.15, -0.1) is 0 Å². The van der Waals surface area contributed by atoms with Gasteiger partial charge in [-0.2, -0.15) is 0 Å². The van der Waals surface area contributed by atoms with Crippen LogP contribution in [0.2, 0.25) is 10.0 Å². The zero-order valence-corrected chi connectivity index (χ0v) is 11.2. The highest BCUT2D eigenvalue weighted by molar-refractivity contribution is 6.35. The van der Waals surface area contributed by atoms with E-state index >= 15 is 0 Å². The Kier molecular flexibility index (Phi) is 4.62. The number of aliphatic hydroxyl groups is 1. The van der Waals surface area contributed by atoms with Crippen LogP contribution in [0.5, 0.6) is 0 Å². The normalized spacial score (nSPS) is 13.9. The first-order valence-electron chi connectivity index (χ1n) is 5.16. The molecule has 1 atom stereocenters. The maximum atomic E-state index is 10.3. The molecule has 90 valence electrons. The molecule has 0 fully saturated rings. The lowest BCUT2D eigenvalue weighted by molar-refractivity contribution is 0.0507. The van der Waals surface area contributed by atoms with Crippen LogP contribution in [0.4, 0.5) is 0 Å². The van der Waals surface area contributed by atoms with E-state index < -0.39 is 6.10 Å². The minimum atomic E-state index is -0.621. The minimum absolute atomic E-state index is 0.285. The van der Waals surface area contributed by atoms with Gasteiger partial charge >= 0.3 is 0 Å². The summed E-state index contributed by atoms with van der Waals surface area (Å²) in [5.41, 5.74) is 0.429. The average molecular weight is 262 g/mol. The molecular weight excluding hydrogens is 245 g/mol. The summed E-state index contributed by atoms with van der Waals surface area (Å²) in [5, 5.41) is 14.4. The molecule has 1 unspecified atom stereocenters. The van der Waals surface area contributed by atoms with Crippen LogP contribution in [0.15, 0.2) is 18.2 Å². The SMILES string of the molecule is CNCC(C)(C)C(O)c1ccc(Cl)cc1Cl. The van der Waals surface area contributed by atoms with Gasteiger partial charge in [0.2, 0.25) is 0 Å². The number of rotatable bonds is 4. The summed E-state index contributed by atoms with van der Waals surface area (Å²) in [6.45, 7) is 4.67. The lowest BCUT2D eigenvalue weighted by Crippen LogP contribution is -2.32. The molecule has 0 aliphatic heterocycles. The highest BCUT2D eigenvalue weighted by Gasteiger charge is 2.29. The number of hydrogen-bond acceptors (Lipinski definition) is 2. The lowest BCUT2D eigenvalue weighted by Gasteiger charge is -2.31. The summed E-state index contributed by atoms with van der Waals surface area (Å²) < 4.78 is 0. The smallest absolute Gasteiger partial charge is 0.0867 e. The molecule has 1 rings (SSSR count). The molecule has 0 amide bonds. The summed E-state index contributed by atoms with van der Waals surface area (Å²) in [5.74, 6) is 0. The van der Waals surface area contributed by atoms with E-state index in [4.69, 9.17) is 23.2 Å². The quantitative estimate of drug-likeness (QED) is 0.872. The number of benzene rings is 1. The summed E-state index contributed by atoms with van der Waals surface area (Å²) in [7, 11) is 1.86. The fraction of sp³-hybridized carbons (Fsp3) is 0.500. The van der Waals surface area contributed by atoms with E-state index in [2.05, 4.69) is 5.32 Å². The topological polar surface area (TPSA) is 32.3 Å². The molecule has 1 aromatic rings. The fourth-order valence-corrected chi connectivity index (χ4v) is 2.21. The van der Waals surface area contributed by atoms with Crippen molar-refractivity contribution in [3.05, 3.63) is 33.8 Å². The molecule has 0 aliphatic rings. The highest BCUT2D eigenvalue weighted by Crippen LogP contribution is 2.37. The van der Waals surface area contributed by atoms with Crippen molar-refractivity contribution in [2.75, 3.05) is 13.6 Å². The first kappa shape index (κ1) is 13.8. The van der Waals surface area contributed by atoms with Crippen LogP contribution in [-0.2, 0) is 0 Å². The Morgan fingerprint density at radius 3 is 2.50 bits per heavy atom. The van der Waals surface area contributed by atoms with Crippen molar-refractivity contribution >= 4 is 23.2 Å². The van der Waals surface area contributed by atoms with Gasteiger partial charge in [-0.25, -0.2) is 0 Å². The second-order valence-electron chi connectivity index (χ2n) is 4.59. The Bertz CT molecular complexity index is 366. The molecular formula is C12H17Cl2NO. The van der Waals surface area contributed by atoms with Crippen molar-refractivity contribution in [2.24, 2.45) is 5.41 Å². The van der Waals surface area contributed by atoms with Crippen molar-refractivity contribution in [1.29, 1.82) is 0 Å². The standard InChI is InChI=1S/C12H17Cl2NO/c1-12(2,7-15-3)11(16)9-5-4-8(13)6-10(9)14/h4-6,11,15-16H,7H2,1-3H3. The monoisotopic (exact) mass is 261 g/mol. The van der Waals surface area contributed by atoms with Crippen molar-refractivity contribution < 1.29 is 5.11 Å². The number of nitrogens with one attached hydrogen (secondary N) is 1. The maximum Gasteiger partial charge on any atom is 0.0867 e. The Hall–Kier alpha value is -0.280. The summed E-state index contributed by atoms with van der Waals surface area (Å²) in [4.78, 5) is 0. The third-order valence-corrected chi connectivity index (χ3v) is 3.19. The molecule has 0 spiro atoms. The van der Waals surface area contributed by atoms with Gasteiger partial charge in [0.05, 0.1) is 6.10 Å². The summed E-state index contributed by atoms with van der Waals surface area (Å²) in [6, 6.07) is 5.16. The van der Waals surface area contributed by atoms with Gasteiger partial charge in [0.1, 0.15) is 0 Å². The van der Waals surface area contributed by atoms with Crippen molar-refractivity contribution in [3.63, 3.8) is 0 Å². The third kappa shape index (κ3) is 3.11. The Balaban J connectivity index is 3.00. The van der Waals surface area contributed by atoms with Crippen LogP contribution in [0, 0.1) is 5.41 Å². The average Bonchev–Trinajstić information content (AvgIpc) is 2.16. The molecule has 0 saturated heterocycles. The van der Waals surface area contributed by atoms with Crippen LogP contribution in [-0.4, -0.2) is 18.7 Å². The van der Waals surface area contributed by atoms with Crippen LogP contribution in [0.1, 0.15) is 25.5 Å². The van der Waals surface area contributed by atoms with Crippen molar-refractivity contribution in [1.82, 2.24) is 5.32 Å². The van der Waals surface area contributed by atoms with E-state index in [0.717, 1.165) is 0 Å². The van der Waals surface area contributed by atoms with E-state index in [-0.39, 0.29) is 5.41 Å². The van der Waals surface area contributed by atoms with Crippen LogP contribution < -0.4 is 5.32 Å². The Morgan fingerprint density at radius 2 is 2.00 bits per heavy atom. The van der Waals surface area contributed by atoms with E-state index in [1.807, 2.05) is 20.9 Å². The van der Waals surface area contributed by atoms with Gasteiger partial charge in [-0.3, -0.25) is 0 Å². The Morgan fingerprint density at radius 1 is 1.38 bits per heavy atom. The molecule has 0 radical (unpaired) electrons. The van der Waals surface area contributed by atoms with Gasteiger partial charge in [-0.05, 0) is 24.7 Å². The van der Waals surface area contributed by atoms with Crippen molar-refractivity contribution in [2.45, 2.75) is 20.0 Å². The maximum absolute atomic E-state index is 10.3. The molecule has 2 N–H and O–H groups in total. The molecule has 0 aliphatic carbocycles. The minimum Gasteiger partial charge on any atom is -0.388 e. The summed E-state index contributed by atoms with van der Waals surface area (Å²) >= 11 is 11.9. The number of hydrogen-bond donors (Lipinski definition) is 2. The van der Waals surface area contributed by atoms with E-state index in [9.17, 15) is 5.11 Å². The van der Waals surface area contributed by atoms with Gasteiger partial charge in [-0.1, -0.05) is 43.1 Å². The molecule has 0 saturated carbocycles. The first-order valence-corrected chi connectivity index (χ1v) is 5.91. The number of halogens is 2. The predicted molar refractivity (Wildman–Crippen MR) is 69.1 cm³/mol. The van der Waals surface area contributed by atoms with Crippen LogP contribution in [0.25, 0.3) is 0 Å². The second-order valence-corrected chi connectivity index (χ2v) is 5.43. The van der Waals surface area contributed by atoms with Gasteiger partial charge in [0, 0.05) is 22.0 Å². The summed E-state index contributed by atoms with van der Waals surface area (Å²) in [6.07, 6.45) is -0.621. The van der Waals surface area contributed by atoms with Gasteiger partial charge in [0.25, 0.3) is 0 Å². The first-order chi connectivity index (χ1) is 7.38. The predicted octanol–water partition coefficient (Wildman–Crippen LogP) is 3.27. The van der Waals surface area contributed by atoms with Crippen LogP contribution >= 0.6 is 23.2 Å². The van der Waals surface area contributed by atoms with Crippen LogP contribution in [0.3, 0.4) is 0 Å².